The van der Waals surface area contributed by atoms with E-state index in [1.165, 1.54) is 0 Å². The second kappa shape index (κ2) is 6.76. The summed E-state index contributed by atoms with van der Waals surface area (Å²) in [5.41, 5.74) is 0.332. The molecule has 6 heteroatoms. The zero-order chi connectivity index (χ0) is 14.7. The Hall–Kier alpha value is -0.813. The highest BCUT2D eigenvalue weighted by Crippen LogP contribution is 2.36. The standard InChI is InChI=1S/C14H15ClF4Si/c15-8-20-3-1-9(2-4-20)10-5-11(17)14(12(18)6-10)13(19)7-16/h5-7,9,20H,1-4,8H2/b13-7-. The van der Waals surface area contributed by atoms with Crippen molar-refractivity contribution < 1.29 is 17.6 Å². The molecule has 0 atom stereocenters. The third-order valence-corrected chi connectivity index (χ3v) is 7.98. The van der Waals surface area contributed by atoms with E-state index in [4.69, 9.17) is 11.6 Å². The number of hydrogen-bond acceptors (Lipinski definition) is 0. The van der Waals surface area contributed by atoms with Gasteiger partial charge in [-0.2, -0.15) is 0 Å². The maximum Gasteiger partial charge on any atom is 0.164 e. The second-order valence-electron chi connectivity index (χ2n) is 5.19. The lowest BCUT2D eigenvalue weighted by atomic mass is 9.92. The lowest BCUT2D eigenvalue weighted by molar-refractivity contribution is 0.543. The van der Waals surface area contributed by atoms with Crippen LogP contribution in [0.5, 0.6) is 0 Å². The highest BCUT2D eigenvalue weighted by molar-refractivity contribution is 6.67. The fourth-order valence-electron chi connectivity index (χ4n) is 2.76. The summed E-state index contributed by atoms with van der Waals surface area (Å²) in [4.78, 5) is 0. The third-order valence-electron chi connectivity index (χ3n) is 3.94. The zero-order valence-corrected chi connectivity index (χ0v) is 12.7. The van der Waals surface area contributed by atoms with Crippen LogP contribution in [0.1, 0.15) is 29.9 Å². The lowest BCUT2D eigenvalue weighted by Crippen LogP contribution is -2.22. The van der Waals surface area contributed by atoms with Crippen molar-refractivity contribution in [1.82, 2.24) is 0 Å². The van der Waals surface area contributed by atoms with Gasteiger partial charge in [0.2, 0.25) is 0 Å². The van der Waals surface area contributed by atoms with Crippen molar-refractivity contribution in [3.63, 3.8) is 0 Å². The summed E-state index contributed by atoms with van der Waals surface area (Å²) in [6, 6.07) is 4.35. The summed E-state index contributed by atoms with van der Waals surface area (Å²) < 4.78 is 52.6. The molecule has 0 aromatic heterocycles. The molecule has 1 fully saturated rings. The molecule has 0 amide bonds. The van der Waals surface area contributed by atoms with Crippen molar-refractivity contribution in [1.29, 1.82) is 0 Å². The van der Waals surface area contributed by atoms with E-state index < -0.39 is 38.2 Å². The van der Waals surface area contributed by atoms with Crippen LogP contribution in [0.25, 0.3) is 5.83 Å². The summed E-state index contributed by atoms with van der Waals surface area (Å²) >= 11 is 5.85. The summed E-state index contributed by atoms with van der Waals surface area (Å²) in [5.74, 6) is -3.55. The van der Waals surface area contributed by atoms with E-state index >= 15 is 0 Å². The Balaban J connectivity index is 2.23. The van der Waals surface area contributed by atoms with Gasteiger partial charge in [-0.05, 0) is 36.5 Å². The molecule has 0 spiro atoms. The molecule has 0 bridgehead atoms. The summed E-state index contributed by atoms with van der Waals surface area (Å²) in [6.45, 7) is 0. The quantitative estimate of drug-likeness (QED) is 0.413. The lowest BCUT2D eigenvalue weighted by Gasteiger charge is -2.27. The van der Waals surface area contributed by atoms with E-state index in [-0.39, 0.29) is 5.92 Å². The van der Waals surface area contributed by atoms with Crippen LogP contribution in [0.3, 0.4) is 0 Å². The van der Waals surface area contributed by atoms with Gasteiger partial charge in [0.15, 0.2) is 5.83 Å². The van der Waals surface area contributed by atoms with E-state index in [0.717, 1.165) is 42.6 Å². The first kappa shape index (κ1) is 15.6. The molecule has 0 saturated carbocycles. The second-order valence-corrected chi connectivity index (χ2v) is 9.31. The average molecular weight is 323 g/mol. The van der Waals surface area contributed by atoms with Crippen LogP contribution in [0.15, 0.2) is 18.5 Å². The fraction of sp³-hybridized carbons (Fsp3) is 0.429. The Morgan fingerprint density at radius 1 is 1.25 bits per heavy atom. The maximum atomic E-state index is 13.7. The Labute approximate surface area is 122 Å². The Morgan fingerprint density at radius 2 is 1.80 bits per heavy atom. The van der Waals surface area contributed by atoms with Crippen LogP contribution in [0, 0.1) is 11.6 Å². The highest BCUT2D eigenvalue weighted by Gasteiger charge is 2.25. The van der Waals surface area contributed by atoms with E-state index in [2.05, 4.69) is 0 Å². The van der Waals surface area contributed by atoms with Gasteiger partial charge in [-0.15, -0.1) is 11.6 Å². The van der Waals surface area contributed by atoms with Gasteiger partial charge in [-0.1, -0.05) is 12.1 Å². The minimum Gasteiger partial charge on any atom is -0.212 e. The van der Waals surface area contributed by atoms with E-state index in [9.17, 15) is 17.6 Å². The number of benzene rings is 1. The molecule has 1 aromatic rings. The number of halogens is 5. The maximum absolute atomic E-state index is 13.7. The van der Waals surface area contributed by atoms with E-state index in [0.29, 0.717) is 5.56 Å². The van der Waals surface area contributed by atoms with Gasteiger partial charge >= 0.3 is 0 Å². The first-order valence-corrected chi connectivity index (χ1v) is 9.56. The predicted molar refractivity (Wildman–Crippen MR) is 76.0 cm³/mol. The van der Waals surface area contributed by atoms with Crippen LogP contribution >= 0.6 is 11.6 Å². The van der Waals surface area contributed by atoms with Gasteiger partial charge in [0.1, 0.15) is 18.0 Å². The molecule has 1 aromatic carbocycles. The normalized spacial score (nSPS) is 23.9. The largest absolute Gasteiger partial charge is 0.212 e. The van der Waals surface area contributed by atoms with Crippen LogP contribution in [-0.2, 0) is 0 Å². The first-order chi connectivity index (χ1) is 9.56. The molecule has 1 aliphatic rings. The molecule has 110 valence electrons. The van der Waals surface area contributed by atoms with Gasteiger partial charge in [-0.25, -0.2) is 17.6 Å². The van der Waals surface area contributed by atoms with Crippen molar-refractivity contribution >= 4 is 26.2 Å². The van der Waals surface area contributed by atoms with Crippen molar-refractivity contribution in [2.24, 2.45) is 0 Å². The molecular weight excluding hydrogens is 308 g/mol. The van der Waals surface area contributed by atoms with Crippen molar-refractivity contribution in [3.8, 4) is 0 Å². The molecule has 2 rings (SSSR count). The Kier molecular flexibility index (Phi) is 5.27. The van der Waals surface area contributed by atoms with Gasteiger partial charge in [0.25, 0.3) is 0 Å². The molecule has 20 heavy (non-hydrogen) atoms. The average Bonchev–Trinajstić information content (AvgIpc) is 2.46. The SMILES string of the molecule is F/C=C(\F)c1c(F)cc(C2CC[SiH](CCl)CC2)cc1F. The number of alkyl halides is 1. The molecule has 1 heterocycles. The van der Waals surface area contributed by atoms with Crippen molar-refractivity contribution in [2.45, 2.75) is 30.8 Å². The molecule has 1 saturated heterocycles. The minimum atomic E-state index is -1.52. The summed E-state index contributed by atoms with van der Waals surface area (Å²) in [7, 11) is -0.864. The van der Waals surface area contributed by atoms with Gasteiger partial charge < -0.3 is 0 Å². The predicted octanol–water partition coefficient (Wildman–Crippen LogP) is 5.08. The fourth-order valence-corrected chi connectivity index (χ4v) is 6.03. The summed E-state index contributed by atoms with van der Waals surface area (Å²) in [6.07, 6.45) is 1.30. The van der Waals surface area contributed by atoms with Crippen LogP contribution in [0.4, 0.5) is 17.6 Å². The van der Waals surface area contributed by atoms with Gasteiger partial charge in [0.05, 0.1) is 14.4 Å². The molecule has 0 aliphatic carbocycles. The van der Waals surface area contributed by atoms with Crippen molar-refractivity contribution in [3.05, 3.63) is 41.2 Å². The zero-order valence-electron chi connectivity index (χ0n) is 10.8. The van der Waals surface area contributed by atoms with Gasteiger partial charge in [0, 0.05) is 5.50 Å². The van der Waals surface area contributed by atoms with Crippen molar-refractivity contribution in [2.75, 3.05) is 5.50 Å². The molecule has 0 N–H and O–H groups in total. The van der Waals surface area contributed by atoms with Gasteiger partial charge in [-0.3, -0.25) is 0 Å². The van der Waals surface area contributed by atoms with Crippen LogP contribution in [0.2, 0.25) is 12.1 Å². The Bertz CT molecular complexity index is 487. The molecule has 0 unspecified atom stereocenters. The smallest absolute Gasteiger partial charge is 0.164 e. The minimum absolute atomic E-state index is 0.0810. The molecular formula is C14H15ClF4Si. The first-order valence-electron chi connectivity index (χ1n) is 6.58. The molecule has 1 aliphatic heterocycles. The molecule has 0 radical (unpaired) electrons. The van der Waals surface area contributed by atoms with E-state index in [1.54, 1.807) is 0 Å². The topological polar surface area (TPSA) is 0 Å². The highest BCUT2D eigenvalue weighted by atomic mass is 35.5. The third kappa shape index (κ3) is 3.26. The number of hydrogen-bond donors (Lipinski definition) is 0. The van der Waals surface area contributed by atoms with Crippen LogP contribution in [-0.4, -0.2) is 14.3 Å². The summed E-state index contributed by atoms with van der Waals surface area (Å²) in [5, 5.41) is 0. The molecule has 0 nitrogen and oxygen atoms in total. The number of rotatable bonds is 3. The van der Waals surface area contributed by atoms with Crippen LogP contribution < -0.4 is 0 Å². The monoisotopic (exact) mass is 322 g/mol. The van der Waals surface area contributed by atoms with E-state index in [1.807, 2.05) is 0 Å². The Morgan fingerprint density at radius 3 is 2.25 bits per heavy atom.